The Balaban J connectivity index is 1.58. The first kappa shape index (κ1) is 11.0. The molecule has 2 saturated heterocycles. The van der Waals surface area contributed by atoms with E-state index in [1.54, 1.807) is 0 Å². The molecule has 2 heterocycles. The Bertz CT molecular complexity index is 246. The van der Waals surface area contributed by atoms with Crippen molar-refractivity contribution in [2.45, 2.75) is 69.2 Å². The van der Waals surface area contributed by atoms with Gasteiger partial charge in [0.1, 0.15) is 0 Å². The van der Waals surface area contributed by atoms with Gasteiger partial charge in [0.05, 0.1) is 6.10 Å². The number of hydrogen-bond donors (Lipinski definition) is 2. The second-order valence-corrected chi connectivity index (χ2v) is 5.77. The molecule has 92 valence electrons. The number of nitrogens with one attached hydrogen (secondary N) is 1. The Morgan fingerprint density at radius 3 is 2.62 bits per heavy atom. The fourth-order valence-corrected chi connectivity index (χ4v) is 3.85. The molecule has 0 spiro atoms. The van der Waals surface area contributed by atoms with Gasteiger partial charge in [-0.1, -0.05) is 6.42 Å². The minimum Gasteiger partial charge on any atom is -0.392 e. The Morgan fingerprint density at radius 1 is 0.875 bits per heavy atom. The Morgan fingerprint density at radius 2 is 1.81 bits per heavy atom. The van der Waals surface area contributed by atoms with Crippen LogP contribution in [-0.4, -0.2) is 47.3 Å². The van der Waals surface area contributed by atoms with Crippen LogP contribution in [-0.2, 0) is 0 Å². The number of hydrogen-bond acceptors (Lipinski definition) is 3. The average Bonchev–Trinajstić information content (AvgIpc) is 2.88. The van der Waals surface area contributed by atoms with Gasteiger partial charge in [0.15, 0.2) is 0 Å². The monoisotopic (exact) mass is 224 g/mol. The van der Waals surface area contributed by atoms with Crippen LogP contribution >= 0.6 is 0 Å². The van der Waals surface area contributed by atoms with Crippen LogP contribution in [0.3, 0.4) is 0 Å². The quantitative estimate of drug-likeness (QED) is 0.738. The van der Waals surface area contributed by atoms with Crippen LogP contribution in [0, 0.1) is 0 Å². The number of aliphatic hydroxyl groups is 1. The number of piperidine rings is 1. The van der Waals surface area contributed by atoms with Gasteiger partial charge < -0.3 is 10.4 Å². The van der Waals surface area contributed by atoms with Gasteiger partial charge in [-0.05, 0) is 45.1 Å². The zero-order valence-corrected chi connectivity index (χ0v) is 10.1. The molecule has 4 atom stereocenters. The lowest BCUT2D eigenvalue weighted by Crippen LogP contribution is -2.50. The van der Waals surface area contributed by atoms with E-state index in [1.165, 1.54) is 51.6 Å². The Hall–Kier alpha value is -0.120. The first-order valence-electron chi connectivity index (χ1n) is 7.03. The summed E-state index contributed by atoms with van der Waals surface area (Å²) < 4.78 is 0. The summed E-state index contributed by atoms with van der Waals surface area (Å²) in [6, 6.07) is 1.80. The molecular weight excluding hydrogens is 200 g/mol. The van der Waals surface area contributed by atoms with Crippen LogP contribution < -0.4 is 5.32 Å². The molecule has 0 aromatic heterocycles. The van der Waals surface area contributed by atoms with E-state index in [0.29, 0.717) is 12.1 Å². The van der Waals surface area contributed by atoms with E-state index in [9.17, 15) is 5.11 Å². The highest BCUT2D eigenvalue weighted by atomic mass is 16.3. The summed E-state index contributed by atoms with van der Waals surface area (Å²) in [7, 11) is 0. The van der Waals surface area contributed by atoms with Gasteiger partial charge in [0.25, 0.3) is 0 Å². The van der Waals surface area contributed by atoms with Crippen molar-refractivity contribution in [2.24, 2.45) is 0 Å². The van der Waals surface area contributed by atoms with Crippen molar-refractivity contribution in [2.75, 3.05) is 13.1 Å². The normalized spacial score (nSPS) is 44.8. The highest BCUT2D eigenvalue weighted by Gasteiger charge is 2.38. The highest BCUT2D eigenvalue weighted by Crippen LogP contribution is 2.29. The van der Waals surface area contributed by atoms with E-state index in [4.69, 9.17) is 0 Å². The summed E-state index contributed by atoms with van der Waals surface area (Å²) in [5.41, 5.74) is 0. The lowest BCUT2D eigenvalue weighted by Gasteiger charge is -2.34. The Labute approximate surface area is 98.2 Å². The predicted molar refractivity (Wildman–Crippen MR) is 64.4 cm³/mol. The van der Waals surface area contributed by atoms with Gasteiger partial charge >= 0.3 is 0 Å². The molecule has 3 rings (SSSR count). The lowest BCUT2D eigenvalue weighted by molar-refractivity contribution is 0.128. The summed E-state index contributed by atoms with van der Waals surface area (Å²) in [5, 5.41) is 13.6. The number of aliphatic hydroxyl groups excluding tert-OH is 1. The highest BCUT2D eigenvalue weighted by molar-refractivity contribution is 4.97. The van der Waals surface area contributed by atoms with Crippen LogP contribution in [0.1, 0.15) is 44.9 Å². The van der Waals surface area contributed by atoms with Crippen LogP contribution in [0.2, 0.25) is 0 Å². The largest absolute Gasteiger partial charge is 0.392 e. The summed E-state index contributed by atoms with van der Waals surface area (Å²) in [5.74, 6) is 0. The zero-order valence-electron chi connectivity index (χ0n) is 10.1. The lowest BCUT2D eigenvalue weighted by atomic mass is 9.98. The summed E-state index contributed by atoms with van der Waals surface area (Å²) >= 11 is 0. The van der Waals surface area contributed by atoms with Crippen LogP contribution in [0.5, 0.6) is 0 Å². The smallest absolute Gasteiger partial charge is 0.0693 e. The maximum absolute atomic E-state index is 9.87. The minimum atomic E-state index is -0.0855. The van der Waals surface area contributed by atoms with E-state index in [1.807, 2.05) is 0 Å². The molecule has 1 saturated carbocycles. The molecule has 3 aliphatic rings. The molecule has 3 heteroatoms. The zero-order chi connectivity index (χ0) is 11.0. The second kappa shape index (κ2) is 4.63. The van der Waals surface area contributed by atoms with Gasteiger partial charge in [-0.3, -0.25) is 4.90 Å². The van der Waals surface area contributed by atoms with Crippen molar-refractivity contribution >= 4 is 0 Å². The third-order valence-electron chi connectivity index (χ3n) is 4.76. The molecule has 16 heavy (non-hydrogen) atoms. The first-order valence-corrected chi connectivity index (χ1v) is 7.03. The topological polar surface area (TPSA) is 35.5 Å². The second-order valence-electron chi connectivity index (χ2n) is 5.77. The van der Waals surface area contributed by atoms with Crippen LogP contribution in [0.25, 0.3) is 0 Å². The van der Waals surface area contributed by atoms with Gasteiger partial charge in [-0.15, -0.1) is 0 Å². The van der Waals surface area contributed by atoms with E-state index < -0.39 is 0 Å². The molecule has 2 aliphatic heterocycles. The molecule has 0 radical (unpaired) electrons. The molecule has 3 fully saturated rings. The van der Waals surface area contributed by atoms with Crippen LogP contribution in [0.15, 0.2) is 0 Å². The molecule has 0 amide bonds. The standard InChI is InChI=1S/C13H24N2O/c16-13-6-3-4-11(13)14-10-7-9-15-8-2-1-5-12(10)15/h10-14,16H,1-9H2. The third kappa shape index (κ3) is 2.01. The fourth-order valence-electron chi connectivity index (χ4n) is 3.85. The number of fused-ring (bicyclic) bond motifs is 1. The minimum absolute atomic E-state index is 0.0855. The predicted octanol–water partition coefficient (Wildman–Crippen LogP) is 1.12. The molecule has 3 nitrogen and oxygen atoms in total. The number of nitrogens with zero attached hydrogens (tertiary/aromatic N) is 1. The van der Waals surface area contributed by atoms with Crippen molar-refractivity contribution < 1.29 is 5.11 Å². The van der Waals surface area contributed by atoms with Crippen molar-refractivity contribution in [3.8, 4) is 0 Å². The van der Waals surface area contributed by atoms with E-state index in [-0.39, 0.29) is 6.10 Å². The maximum atomic E-state index is 9.87. The molecule has 4 unspecified atom stereocenters. The maximum Gasteiger partial charge on any atom is 0.0693 e. The van der Waals surface area contributed by atoms with E-state index in [2.05, 4.69) is 10.2 Å². The van der Waals surface area contributed by atoms with Crippen molar-refractivity contribution in [1.82, 2.24) is 10.2 Å². The number of rotatable bonds is 2. The average molecular weight is 224 g/mol. The molecule has 0 bridgehead atoms. The molecule has 1 aliphatic carbocycles. The van der Waals surface area contributed by atoms with Crippen molar-refractivity contribution in [3.05, 3.63) is 0 Å². The molecule has 0 aromatic carbocycles. The summed E-state index contributed by atoms with van der Waals surface area (Å²) in [4.78, 5) is 2.66. The first-order chi connectivity index (χ1) is 7.84. The van der Waals surface area contributed by atoms with E-state index in [0.717, 1.165) is 12.5 Å². The van der Waals surface area contributed by atoms with E-state index >= 15 is 0 Å². The van der Waals surface area contributed by atoms with Gasteiger partial charge in [0.2, 0.25) is 0 Å². The van der Waals surface area contributed by atoms with Crippen molar-refractivity contribution in [1.29, 1.82) is 0 Å². The molecular formula is C13H24N2O. The Kier molecular flexibility index (Phi) is 3.18. The molecule has 0 aromatic rings. The summed E-state index contributed by atoms with van der Waals surface area (Å²) in [6.45, 7) is 2.57. The van der Waals surface area contributed by atoms with Gasteiger partial charge in [0, 0.05) is 24.7 Å². The van der Waals surface area contributed by atoms with Crippen LogP contribution in [0.4, 0.5) is 0 Å². The molecule has 2 N–H and O–H groups in total. The van der Waals surface area contributed by atoms with Gasteiger partial charge in [-0.25, -0.2) is 0 Å². The third-order valence-corrected chi connectivity index (χ3v) is 4.76. The van der Waals surface area contributed by atoms with Crippen molar-refractivity contribution in [3.63, 3.8) is 0 Å². The fraction of sp³-hybridized carbons (Fsp3) is 1.00. The SMILES string of the molecule is OC1CCCC1NC1CCN2CCCCC12. The van der Waals surface area contributed by atoms with Gasteiger partial charge in [-0.2, -0.15) is 0 Å². The summed E-state index contributed by atoms with van der Waals surface area (Å²) in [6.07, 6.45) is 8.71.